The molecule has 3 aromatic heterocycles. The van der Waals surface area contributed by atoms with Crippen LogP contribution in [0.1, 0.15) is 34.3 Å². The van der Waals surface area contributed by atoms with E-state index in [9.17, 15) is 14.4 Å². The fourth-order valence-electron chi connectivity index (χ4n) is 4.86. The summed E-state index contributed by atoms with van der Waals surface area (Å²) in [5.41, 5.74) is 1.70. The molecule has 5 rings (SSSR count). The molecule has 1 fully saturated rings. The molecule has 0 radical (unpaired) electrons. The minimum absolute atomic E-state index is 0.0661. The zero-order valence-electron chi connectivity index (χ0n) is 18.1. The summed E-state index contributed by atoms with van der Waals surface area (Å²) in [4.78, 5) is 44.3. The number of carbonyl (C=O) groups is 1. The van der Waals surface area contributed by atoms with Gasteiger partial charge in [0.05, 0.1) is 5.39 Å². The quantitative estimate of drug-likeness (QED) is 0.614. The van der Waals surface area contributed by atoms with Crippen molar-refractivity contribution in [3.63, 3.8) is 0 Å². The van der Waals surface area contributed by atoms with E-state index in [2.05, 4.69) is 16.3 Å². The van der Waals surface area contributed by atoms with Crippen molar-refractivity contribution in [1.82, 2.24) is 23.5 Å². The number of aromatic nitrogens is 3. The molecule has 0 N–H and O–H groups in total. The SMILES string of the molecule is CCCn1c(C(=O)N2CC(N3CCc4sccc4C3)C2)cc2c(=O)n(C)c(=O)n(C)c21. The van der Waals surface area contributed by atoms with Crippen LogP contribution in [0.4, 0.5) is 0 Å². The predicted molar refractivity (Wildman–Crippen MR) is 121 cm³/mol. The van der Waals surface area contributed by atoms with Gasteiger partial charge in [-0.25, -0.2) is 4.79 Å². The summed E-state index contributed by atoms with van der Waals surface area (Å²) in [5, 5.41) is 2.58. The monoisotopic (exact) mass is 441 g/mol. The van der Waals surface area contributed by atoms with E-state index < -0.39 is 0 Å². The summed E-state index contributed by atoms with van der Waals surface area (Å²) in [6.45, 7) is 5.99. The van der Waals surface area contributed by atoms with Crippen LogP contribution in [0, 0.1) is 0 Å². The Bertz CT molecular complexity index is 1290. The average molecular weight is 442 g/mol. The van der Waals surface area contributed by atoms with Gasteiger partial charge >= 0.3 is 5.69 Å². The fourth-order valence-corrected chi connectivity index (χ4v) is 5.75. The molecule has 3 aromatic rings. The maximum atomic E-state index is 13.4. The molecule has 31 heavy (non-hydrogen) atoms. The first-order chi connectivity index (χ1) is 14.9. The van der Waals surface area contributed by atoms with Crippen LogP contribution in [-0.4, -0.2) is 55.1 Å². The number of fused-ring (bicyclic) bond motifs is 2. The minimum atomic E-state index is -0.381. The number of amides is 1. The van der Waals surface area contributed by atoms with Gasteiger partial charge in [0.25, 0.3) is 11.5 Å². The number of rotatable bonds is 4. The van der Waals surface area contributed by atoms with Gasteiger partial charge in [-0.15, -0.1) is 11.3 Å². The third kappa shape index (κ3) is 3.10. The van der Waals surface area contributed by atoms with Gasteiger partial charge in [0, 0.05) is 57.7 Å². The molecule has 8 nitrogen and oxygen atoms in total. The molecular formula is C22H27N5O3S. The van der Waals surface area contributed by atoms with Gasteiger partial charge in [0.1, 0.15) is 11.3 Å². The van der Waals surface area contributed by atoms with Crippen molar-refractivity contribution >= 4 is 28.3 Å². The molecule has 0 aliphatic carbocycles. The first-order valence-corrected chi connectivity index (χ1v) is 11.7. The molecule has 0 aromatic carbocycles. The van der Waals surface area contributed by atoms with E-state index in [0.29, 0.717) is 42.4 Å². The molecule has 1 amide bonds. The maximum Gasteiger partial charge on any atom is 0.332 e. The Hall–Kier alpha value is -2.65. The van der Waals surface area contributed by atoms with Crippen molar-refractivity contribution in [2.45, 2.75) is 38.9 Å². The molecule has 0 atom stereocenters. The predicted octanol–water partition coefficient (Wildman–Crippen LogP) is 1.39. The number of likely N-dealkylation sites (tertiary alicyclic amines) is 1. The van der Waals surface area contributed by atoms with Gasteiger partial charge in [-0.2, -0.15) is 0 Å². The maximum absolute atomic E-state index is 13.4. The Balaban J connectivity index is 1.41. The lowest BCUT2D eigenvalue weighted by Crippen LogP contribution is -2.61. The summed E-state index contributed by atoms with van der Waals surface area (Å²) in [6.07, 6.45) is 1.88. The third-order valence-corrected chi connectivity index (χ3v) is 7.69. The summed E-state index contributed by atoms with van der Waals surface area (Å²) >= 11 is 1.83. The van der Waals surface area contributed by atoms with Crippen molar-refractivity contribution in [2.24, 2.45) is 14.1 Å². The zero-order valence-corrected chi connectivity index (χ0v) is 18.9. The van der Waals surface area contributed by atoms with Crippen LogP contribution in [0.25, 0.3) is 11.0 Å². The lowest BCUT2D eigenvalue weighted by molar-refractivity contribution is 0.0213. The van der Waals surface area contributed by atoms with Gasteiger partial charge in [-0.05, 0) is 35.9 Å². The van der Waals surface area contributed by atoms with Crippen LogP contribution >= 0.6 is 11.3 Å². The Morgan fingerprint density at radius 3 is 2.71 bits per heavy atom. The van der Waals surface area contributed by atoms with Crippen LogP contribution in [-0.2, 0) is 33.6 Å². The summed E-state index contributed by atoms with van der Waals surface area (Å²) in [5.74, 6) is -0.0661. The van der Waals surface area contributed by atoms with Crippen LogP contribution in [0.3, 0.4) is 0 Å². The second kappa shape index (κ2) is 7.49. The van der Waals surface area contributed by atoms with Crippen LogP contribution in [0.2, 0.25) is 0 Å². The number of hydrogen-bond donors (Lipinski definition) is 0. The molecule has 0 spiro atoms. The second-order valence-corrected chi connectivity index (χ2v) is 9.58. The Morgan fingerprint density at radius 1 is 1.19 bits per heavy atom. The molecule has 2 aliphatic heterocycles. The van der Waals surface area contributed by atoms with E-state index in [4.69, 9.17) is 0 Å². The molecule has 164 valence electrons. The summed E-state index contributed by atoms with van der Waals surface area (Å²) in [7, 11) is 3.12. The lowest BCUT2D eigenvalue weighted by atomic mass is 10.0. The van der Waals surface area contributed by atoms with Gasteiger partial charge in [0.2, 0.25) is 0 Å². The highest BCUT2D eigenvalue weighted by molar-refractivity contribution is 7.10. The topological polar surface area (TPSA) is 72.5 Å². The highest BCUT2D eigenvalue weighted by Gasteiger charge is 2.37. The molecular weight excluding hydrogens is 414 g/mol. The van der Waals surface area contributed by atoms with E-state index in [1.165, 1.54) is 22.1 Å². The van der Waals surface area contributed by atoms with Gasteiger partial charge in [-0.1, -0.05) is 6.92 Å². The van der Waals surface area contributed by atoms with Gasteiger partial charge in [0.15, 0.2) is 0 Å². The average Bonchev–Trinajstić information content (AvgIpc) is 3.34. The van der Waals surface area contributed by atoms with Gasteiger partial charge in [-0.3, -0.25) is 23.6 Å². The van der Waals surface area contributed by atoms with E-state index >= 15 is 0 Å². The number of thiophene rings is 1. The fraction of sp³-hybridized carbons (Fsp3) is 0.500. The third-order valence-electron chi connectivity index (χ3n) is 6.66. The first kappa shape index (κ1) is 20.3. The zero-order chi connectivity index (χ0) is 21.9. The van der Waals surface area contributed by atoms with Crippen molar-refractivity contribution in [3.05, 3.63) is 54.5 Å². The second-order valence-electron chi connectivity index (χ2n) is 8.58. The molecule has 0 unspecified atom stereocenters. The molecule has 2 aliphatic rings. The Labute approximate surface area is 183 Å². The van der Waals surface area contributed by atoms with Crippen molar-refractivity contribution in [3.8, 4) is 0 Å². The van der Waals surface area contributed by atoms with E-state index in [1.54, 1.807) is 13.1 Å². The molecule has 1 saturated heterocycles. The summed E-state index contributed by atoms with van der Waals surface area (Å²) < 4.78 is 4.40. The number of aryl methyl sites for hydroxylation is 2. The highest BCUT2D eigenvalue weighted by atomic mass is 32.1. The Kier molecular flexibility index (Phi) is 4.90. The number of hydrogen-bond acceptors (Lipinski definition) is 5. The van der Waals surface area contributed by atoms with Crippen LogP contribution in [0.15, 0.2) is 27.1 Å². The van der Waals surface area contributed by atoms with Crippen molar-refractivity contribution < 1.29 is 4.79 Å². The number of carbonyl (C=O) groups excluding carboxylic acids is 1. The summed E-state index contributed by atoms with van der Waals surface area (Å²) in [6, 6.07) is 4.25. The molecule has 0 bridgehead atoms. The van der Waals surface area contributed by atoms with E-state index in [-0.39, 0.29) is 17.2 Å². The minimum Gasteiger partial charge on any atom is -0.334 e. The van der Waals surface area contributed by atoms with E-state index in [0.717, 1.165) is 30.5 Å². The largest absolute Gasteiger partial charge is 0.334 e. The number of nitrogens with zero attached hydrogens (tertiary/aromatic N) is 5. The molecule has 9 heteroatoms. The van der Waals surface area contributed by atoms with Crippen molar-refractivity contribution in [2.75, 3.05) is 19.6 Å². The first-order valence-electron chi connectivity index (χ1n) is 10.8. The Morgan fingerprint density at radius 2 is 1.97 bits per heavy atom. The van der Waals surface area contributed by atoms with Gasteiger partial charge < -0.3 is 9.47 Å². The van der Waals surface area contributed by atoms with E-state index in [1.807, 2.05) is 27.7 Å². The van der Waals surface area contributed by atoms with Crippen LogP contribution in [0.5, 0.6) is 0 Å². The lowest BCUT2D eigenvalue weighted by Gasteiger charge is -2.46. The van der Waals surface area contributed by atoms with Crippen molar-refractivity contribution in [1.29, 1.82) is 0 Å². The standard InChI is InChI=1S/C22H27N5O3S/c1-4-7-27-17(10-16-19(27)23(2)22(30)24(3)20(16)28)21(29)26-12-15(13-26)25-8-5-18-14(11-25)6-9-31-18/h6,9-10,15H,4-5,7-8,11-13H2,1-3H3. The molecule has 5 heterocycles. The highest BCUT2D eigenvalue weighted by Crippen LogP contribution is 2.29. The smallest absolute Gasteiger partial charge is 0.332 e. The molecule has 0 saturated carbocycles. The van der Waals surface area contributed by atoms with Crippen LogP contribution < -0.4 is 11.2 Å². The normalized spacial score (nSPS) is 17.2.